The van der Waals surface area contributed by atoms with Gasteiger partial charge in [0.15, 0.2) is 0 Å². The van der Waals surface area contributed by atoms with Crippen LogP contribution in [0.4, 0.5) is 0 Å². The number of hydrogen-bond donors (Lipinski definition) is 1. The zero-order valence-electron chi connectivity index (χ0n) is 20.4. The third-order valence-electron chi connectivity index (χ3n) is 6.06. The van der Waals surface area contributed by atoms with Crippen LogP contribution in [0, 0.1) is 0 Å². The summed E-state index contributed by atoms with van der Waals surface area (Å²) in [5, 5.41) is 8.76. The molecule has 0 rings (SSSR count). The van der Waals surface area contributed by atoms with E-state index >= 15 is 0 Å². The van der Waals surface area contributed by atoms with E-state index in [2.05, 4.69) is 6.92 Å². The van der Waals surface area contributed by atoms with Gasteiger partial charge in [0.2, 0.25) is 0 Å². The predicted molar refractivity (Wildman–Crippen MR) is 123 cm³/mol. The fourth-order valence-corrected chi connectivity index (χ4v) is 5.04. The van der Waals surface area contributed by atoms with Crippen molar-refractivity contribution < 1.29 is 69.5 Å². The van der Waals surface area contributed by atoms with E-state index in [1.807, 2.05) is 0 Å². The van der Waals surface area contributed by atoms with Crippen LogP contribution in [-0.2, 0) is 10.1 Å². The molecule has 1 N–H and O–H groups in total. The first-order chi connectivity index (χ1) is 13.9. The van der Waals surface area contributed by atoms with Gasteiger partial charge in [-0.25, -0.2) is 8.42 Å². The first-order valence-electron chi connectivity index (χ1n) is 12.6. The number of aliphatic hydroxyl groups excluding tert-OH is 1. The first kappa shape index (κ1) is 33.7. The van der Waals surface area contributed by atoms with Gasteiger partial charge < -0.3 is 9.66 Å². The van der Waals surface area contributed by atoms with Gasteiger partial charge in [-0.15, -0.1) is 0 Å². The Kier molecular flexibility index (Phi) is 26.6. The van der Waals surface area contributed by atoms with Crippen molar-refractivity contribution in [1.29, 1.82) is 0 Å². The summed E-state index contributed by atoms with van der Waals surface area (Å²) in [4.78, 5) is 0. The summed E-state index contributed by atoms with van der Waals surface area (Å²) < 4.78 is 33.2. The van der Waals surface area contributed by atoms with Crippen LogP contribution in [0.1, 0.15) is 142 Å². The average Bonchev–Trinajstić information content (AvgIpc) is 2.66. The van der Waals surface area contributed by atoms with E-state index in [1.165, 1.54) is 96.3 Å². The molecular weight excluding hydrogens is 423 g/mol. The summed E-state index contributed by atoms with van der Waals surface area (Å²) in [7, 11) is -4.39. The quantitative estimate of drug-likeness (QED) is 0.146. The average molecular weight is 473 g/mol. The minimum Gasteiger partial charge on any atom is -0.748 e. The van der Waals surface area contributed by atoms with E-state index in [-0.39, 0.29) is 57.8 Å². The molecule has 0 radical (unpaired) electrons. The van der Waals surface area contributed by atoms with E-state index in [9.17, 15) is 18.1 Å². The Morgan fingerprint density at radius 1 is 0.633 bits per heavy atom. The molecule has 0 aromatic rings. The summed E-state index contributed by atoms with van der Waals surface area (Å²) in [6.07, 6.45) is 23.1. The maximum absolute atomic E-state index is 11.1. The van der Waals surface area contributed by atoms with Crippen molar-refractivity contribution in [2.24, 2.45) is 0 Å². The van der Waals surface area contributed by atoms with Gasteiger partial charge in [-0.3, -0.25) is 0 Å². The van der Waals surface area contributed by atoms with Gasteiger partial charge in [0, 0.05) is 0 Å². The van der Waals surface area contributed by atoms with Gasteiger partial charge in [-0.05, 0) is 12.8 Å². The first-order valence-corrected chi connectivity index (χ1v) is 14.0. The zero-order valence-corrected chi connectivity index (χ0v) is 24.3. The molecule has 0 amide bonds. The topological polar surface area (TPSA) is 77.4 Å². The normalized spacial score (nSPS) is 13.7. The van der Waals surface area contributed by atoms with Crippen LogP contribution in [0.3, 0.4) is 0 Å². The minimum absolute atomic E-state index is 0. The molecule has 0 aliphatic carbocycles. The maximum atomic E-state index is 11.1. The summed E-state index contributed by atoms with van der Waals surface area (Å²) in [6, 6.07) is 0. The van der Waals surface area contributed by atoms with Gasteiger partial charge in [0.05, 0.1) is 11.4 Å². The van der Waals surface area contributed by atoms with Gasteiger partial charge in [0.25, 0.3) is 0 Å². The van der Waals surface area contributed by atoms with Crippen molar-refractivity contribution in [3.63, 3.8) is 0 Å². The van der Waals surface area contributed by atoms with Gasteiger partial charge in [0.1, 0.15) is 10.1 Å². The molecule has 176 valence electrons. The smallest absolute Gasteiger partial charge is 0.748 e. The van der Waals surface area contributed by atoms with Crippen LogP contribution in [0.2, 0.25) is 0 Å². The molecule has 2 unspecified atom stereocenters. The number of rotatable bonds is 22. The monoisotopic (exact) mass is 472 g/mol. The second-order valence-corrected chi connectivity index (χ2v) is 10.4. The molecule has 0 saturated heterocycles. The van der Waals surface area contributed by atoms with E-state index in [4.69, 9.17) is 0 Å². The van der Waals surface area contributed by atoms with E-state index in [1.54, 1.807) is 6.92 Å². The Hall–Kier alpha value is 1.51. The maximum Gasteiger partial charge on any atom is 1.00 e. The van der Waals surface area contributed by atoms with Crippen LogP contribution in [0.25, 0.3) is 0 Å². The fraction of sp³-hybridized carbons (Fsp3) is 1.00. The third-order valence-corrected chi connectivity index (χ3v) is 7.44. The molecule has 0 saturated carbocycles. The van der Waals surface area contributed by atoms with E-state index in [0.29, 0.717) is 6.42 Å². The number of unbranched alkanes of at least 4 members (excludes halogenated alkanes) is 17. The van der Waals surface area contributed by atoms with Crippen LogP contribution in [0.5, 0.6) is 0 Å². The molecule has 0 aromatic heterocycles. The van der Waals surface area contributed by atoms with Crippen LogP contribution < -0.4 is 51.4 Å². The molecule has 30 heavy (non-hydrogen) atoms. The van der Waals surface area contributed by atoms with Gasteiger partial charge in [-0.2, -0.15) is 0 Å². The Morgan fingerprint density at radius 2 is 0.933 bits per heavy atom. The number of aliphatic hydroxyl groups is 1. The SMILES string of the molecule is CCCCCCCCCCCCCCCCCCCCC(O)C(CC)S(=O)(=O)[O-].[K+]. The van der Waals surface area contributed by atoms with Crippen LogP contribution in [0.15, 0.2) is 0 Å². The molecule has 0 aliphatic heterocycles. The van der Waals surface area contributed by atoms with Gasteiger partial charge >= 0.3 is 51.4 Å². The molecule has 2 atom stereocenters. The molecule has 0 aromatic carbocycles. The van der Waals surface area contributed by atoms with Crippen molar-refractivity contribution >= 4 is 10.1 Å². The Morgan fingerprint density at radius 3 is 1.20 bits per heavy atom. The Balaban J connectivity index is 0. The fourth-order valence-electron chi connectivity index (χ4n) is 4.11. The van der Waals surface area contributed by atoms with E-state index < -0.39 is 21.5 Å². The van der Waals surface area contributed by atoms with Crippen molar-refractivity contribution in [3.05, 3.63) is 0 Å². The van der Waals surface area contributed by atoms with Crippen molar-refractivity contribution in [2.75, 3.05) is 0 Å². The molecule has 0 fully saturated rings. The summed E-state index contributed by atoms with van der Waals surface area (Å²) in [5.74, 6) is 0. The zero-order chi connectivity index (χ0) is 21.8. The second-order valence-electron chi connectivity index (χ2n) is 8.81. The largest absolute Gasteiger partial charge is 1.00 e. The molecule has 0 aliphatic rings. The molecule has 4 nitrogen and oxygen atoms in total. The summed E-state index contributed by atoms with van der Waals surface area (Å²) in [6.45, 7) is 3.91. The molecular formula is C24H49KO4S. The van der Waals surface area contributed by atoms with Crippen LogP contribution >= 0.6 is 0 Å². The van der Waals surface area contributed by atoms with Crippen molar-refractivity contribution in [1.82, 2.24) is 0 Å². The number of hydrogen-bond acceptors (Lipinski definition) is 4. The Labute approximate surface area is 230 Å². The van der Waals surface area contributed by atoms with Gasteiger partial charge in [-0.1, -0.05) is 129 Å². The van der Waals surface area contributed by atoms with Crippen molar-refractivity contribution in [3.8, 4) is 0 Å². The second kappa shape index (κ2) is 23.7. The van der Waals surface area contributed by atoms with E-state index in [0.717, 1.165) is 19.3 Å². The summed E-state index contributed by atoms with van der Waals surface area (Å²) in [5.41, 5.74) is 0. The Bertz CT molecular complexity index is 442. The van der Waals surface area contributed by atoms with Crippen molar-refractivity contribution in [2.45, 2.75) is 154 Å². The minimum atomic E-state index is -4.39. The standard InChI is InChI=1S/C24H50O4S.K/c1-3-5-6-7-8-9-10-11-12-13-14-15-16-17-18-19-20-21-22-23(25)24(4-2)29(26,27)28;/h23-25H,3-22H2,1-2H3,(H,26,27,28);/q;+1/p-1. The molecule has 0 heterocycles. The third kappa shape index (κ3) is 21.4. The summed E-state index contributed by atoms with van der Waals surface area (Å²) >= 11 is 0. The van der Waals surface area contributed by atoms with Crippen LogP contribution in [-0.4, -0.2) is 29.4 Å². The molecule has 0 spiro atoms. The molecule has 6 heteroatoms. The molecule has 0 bridgehead atoms. The predicted octanol–water partition coefficient (Wildman–Crippen LogP) is 4.11.